The van der Waals surface area contributed by atoms with Crippen molar-refractivity contribution in [3.63, 3.8) is 0 Å². The van der Waals surface area contributed by atoms with Crippen LogP contribution in [0, 0.1) is 0 Å². The second-order valence-electron chi connectivity index (χ2n) is 7.44. The monoisotopic (exact) mass is 427 g/mol. The molecule has 0 spiro atoms. The van der Waals surface area contributed by atoms with E-state index in [0.29, 0.717) is 17.0 Å². The third-order valence-corrected chi connectivity index (χ3v) is 5.51. The number of ether oxygens (including phenoxy) is 1. The van der Waals surface area contributed by atoms with Gasteiger partial charge in [-0.25, -0.2) is 0 Å². The summed E-state index contributed by atoms with van der Waals surface area (Å²) in [6.07, 6.45) is 13.5. The fourth-order valence-corrected chi connectivity index (χ4v) is 3.88. The molecule has 158 valence electrons. The van der Waals surface area contributed by atoms with Crippen molar-refractivity contribution in [1.82, 2.24) is 20.1 Å². The first-order chi connectivity index (χ1) is 14.6. The van der Waals surface area contributed by atoms with E-state index in [-0.39, 0.29) is 5.91 Å². The summed E-state index contributed by atoms with van der Waals surface area (Å²) in [6.45, 7) is 3.97. The van der Waals surface area contributed by atoms with Gasteiger partial charge in [0, 0.05) is 44.7 Å². The summed E-state index contributed by atoms with van der Waals surface area (Å²) in [4.78, 5) is 15.6. The smallest absolute Gasteiger partial charge is 0.219 e. The number of hydrogen-bond donors (Lipinski definition) is 2. The van der Waals surface area contributed by atoms with Gasteiger partial charge in [-0.15, -0.1) is 0 Å². The molecule has 0 unspecified atom stereocenters. The number of carbonyl (C=O) groups is 1. The third kappa shape index (κ3) is 5.10. The number of amides is 1. The van der Waals surface area contributed by atoms with Gasteiger partial charge in [0.05, 0.1) is 23.5 Å². The van der Waals surface area contributed by atoms with Crippen LogP contribution in [-0.4, -0.2) is 46.4 Å². The van der Waals surface area contributed by atoms with Crippen molar-refractivity contribution >= 4 is 23.2 Å². The summed E-state index contributed by atoms with van der Waals surface area (Å²) in [5.41, 5.74) is 4.24. The van der Waals surface area contributed by atoms with Gasteiger partial charge in [0.2, 0.25) is 11.8 Å². The van der Waals surface area contributed by atoms with E-state index in [4.69, 9.17) is 16.3 Å². The summed E-state index contributed by atoms with van der Waals surface area (Å²) >= 11 is 6.03. The Balaban J connectivity index is 1.32. The third-order valence-electron chi connectivity index (χ3n) is 5.28. The van der Waals surface area contributed by atoms with Crippen molar-refractivity contribution in [2.24, 2.45) is 0 Å². The summed E-state index contributed by atoms with van der Waals surface area (Å²) in [5, 5.41) is 5.76. The van der Waals surface area contributed by atoms with Crippen molar-refractivity contribution in [2.75, 3.05) is 25.1 Å². The van der Waals surface area contributed by atoms with Crippen LogP contribution < -0.4 is 15.5 Å². The summed E-state index contributed by atoms with van der Waals surface area (Å²) < 4.78 is 6.00. The fraction of sp³-hybridized carbons (Fsp3) is 0.318. The first kappa shape index (κ1) is 20.2. The average Bonchev–Trinajstić information content (AvgIpc) is 2.75. The van der Waals surface area contributed by atoms with Crippen molar-refractivity contribution in [1.29, 1.82) is 0 Å². The molecule has 4 rings (SSSR count). The molecule has 3 heterocycles. The van der Waals surface area contributed by atoms with Gasteiger partial charge in [0.15, 0.2) is 0 Å². The molecule has 1 amide bonds. The highest BCUT2D eigenvalue weighted by Gasteiger charge is 2.24. The lowest BCUT2D eigenvalue weighted by Crippen LogP contribution is -2.44. The van der Waals surface area contributed by atoms with E-state index >= 15 is 0 Å². The van der Waals surface area contributed by atoms with E-state index in [0.717, 1.165) is 43.9 Å². The number of rotatable bonds is 5. The molecule has 3 aliphatic heterocycles. The van der Waals surface area contributed by atoms with Crippen LogP contribution >= 0.6 is 11.6 Å². The summed E-state index contributed by atoms with van der Waals surface area (Å²) in [7, 11) is 0. The largest absolute Gasteiger partial charge is 0.439 e. The topological polar surface area (TPSA) is 60.1 Å². The Morgan fingerprint density at radius 2 is 1.97 bits per heavy atom. The van der Waals surface area contributed by atoms with Crippen LogP contribution in [0.5, 0.6) is 5.75 Å². The number of halogens is 1. The molecular formula is C22H26ClN5O2. The van der Waals surface area contributed by atoms with Gasteiger partial charge in [-0.05, 0) is 43.2 Å². The fourth-order valence-electron chi connectivity index (χ4n) is 3.67. The van der Waals surface area contributed by atoms with Gasteiger partial charge >= 0.3 is 0 Å². The van der Waals surface area contributed by atoms with Crippen molar-refractivity contribution in [2.45, 2.75) is 25.8 Å². The Labute approximate surface area is 181 Å². The van der Waals surface area contributed by atoms with Gasteiger partial charge in [-0.3, -0.25) is 15.2 Å². The number of nitrogens with one attached hydrogen (secondary N) is 2. The van der Waals surface area contributed by atoms with Gasteiger partial charge in [0.25, 0.3) is 0 Å². The maximum Gasteiger partial charge on any atom is 0.219 e. The number of piperidine rings is 1. The Hall–Kier alpha value is -3.06. The first-order valence-corrected chi connectivity index (χ1v) is 10.5. The Bertz CT molecular complexity index is 885. The van der Waals surface area contributed by atoms with Crippen LogP contribution in [-0.2, 0) is 4.79 Å². The van der Waals surface area contributed by atoms with Crippen LogP contribution in [0.3, 0.4) is 0 Å². The zero-order chi connectivity index (χ0) is 20.9. The summed E-state index contributed by atoms with van der Waals surface area (Å²) in [6, 6.07) is 8.13. The normalized spacial score (nSPS) is 19.2. The maximum atomic E-state index is 11.5. The number of nitrogens with zero attached hydrogens (tertiary/aromatic N) is 3. The zero-order valence-electron chi connectivity index (χ0n) is 16.9. The van der Waals surface area contributed by atoms with Crippen LogP contribution in [0.4, 0.5) is 5.69 Å². The molecule has 0 atom stereocenters. The van der Waals surface area contributed by atoms with E-state index in [1.807, 2.05) is 71.1 Å². The van der Waals surface area contributed by atoms with Gasteiger partial charge in [-0.1, -0.05) is 17.7 Å². The van der Waals surface area contributed by atoms with E-state index in [1.165, 1.54) is 0 Å². The first-order valence-electron chi connectivity index (χ1n) is 10.1. The molecule has 30 heavy (non-hydrogen) atoms. The van der Waals surface area contributed by atoms with Crippen molar-refractivity contribution in [3.8, 4) is 5.75 Å². The van der Waals surface area contributed by atoms with E-state index in [2.05, 4.69) is 15.6 Å². The standard InChI is InChI=1S/C22H26ClN5O2/c1-17(29)26-12-8-20(9-13-26)27-14-10-24-22(16-27)30-21-6-4-19(5-7-21)25-28-11-2-3-18(23)15-28/h2-7,10,14-16,20,24-25H,8-9,11-13H2,1H3. The van der Waals surface area contributed by atoms with E-state index < -0.39 is 0 Å². The molecule has 0 aromatic heterocycles. The number of benzene rings is 1. The van der Waals surface area contributed by atoms with Gasteiger partial charge in [-0.2, -0.15) is 0 Å². The minimum Gasteiger partial charge on any atom is -0.439 e. The van der Waals surface area contributed by atoms with Crippen molar-refractivity contribution < 1.29 is 9.53 Å². The van der Waals surface area contributed by atoms with Crippen LogP contribution in [0.25, 0.3) is 0 Å². The molecule has 0 saturated carbocycles. The number of anilines is 1. The molecule has 0 radical (unpaired) electrons. The molecule has 0 aliphatic carbocycles. The Morgan fingerprint density at radius 1 is 1.20 bits per heavy atom. The molecule has 3 aliphatic rings. The average molecular weight is 428 g/mol. The number of likely N-dealkylation sites (tertiary alicyclic amines) is 1. The lowest BCUT2D eigenvalue weighted by atomic mass is 10.0. The predicted octanol–water partition coefficient (Wildman–Crippen LogP) is 3.53. The molecule has 8 heteroatoms. The minimum absolute atomic E-state index is 0.151. The highest BCUT2D eigenvalue weighted by molar-refractivity contribution is 6.31. The lowest BCUT2D eigenvalue weighted by molar-refractivity contribution is -0.130. The van der Waals surface area contributed by atoms with Crippen LogP contribution in [0.2, 0.25) is 0 Å². The number of carbonyl (C=O) groups excluding carboxylic acids is 1. The Morgan fingerprint density at radius 3 is 2.67 bits per heavy atom. The van der Waals surface area contributed by atoms with Crippen LogP contribution in [0.1, 0.15) is 19.8 Å². The second-order valence-corrected chi connectivity index (χ2v) is 7.88. The van der Waals surface area contributed by atoms with E-state index in [9.17, 15) is 4.79 Å². The quantitative estimate of drug-likeness (QED) is 0.749. The van der Waals surface area contributed by atoms with Gasteiger partial charge < -0.3 is 19.9 Å². The Kier molecular flexibility index (Phi) is 6.18. The highest BCUT2D eigenvalue weighted by atomic mass is 35.5. The molecular weight excluding hydrogens is 402 g/mol. The highest BCUT2D eigenvalue weighted by Crippen LogP contribution is 2.23. The lowest BCUT2D eigenvalue weighted by Gasteiger charge is -2.37. The molecule has 2 N–H and O–H groups in total. The molecule has 1 saturated heterocycles. The minimum atomic E-state index is 0.151. The van der Waals surface area contributed by atoms with Crippen molar-refractivity contribution in [3.05, 3.63) is 72.1 Å². The zero-order valence-corrected chi connectivity index (χ0v) is 17.7. The predicted molar refractivity (Wildman–Crippen MR) is 118 cm³/mol. The molecule has 7 nitrogen and oxygen atoms in total. The van der Waals surface area contributed by atoms with Gasteiger partial charge in [0.1, 0.15) is 5.75 Å². The SMILES string of the molecule is CC(=O)N1CCC(N2C=CNC(Oc3ccc(NN4C=C(Cl)C=CC4)cc3)=C2)CC1. The molecule has 1 aromatic carbocycles. The molecule has 0 bridgehead atoms. The maximum absolute atomic E-state index is 11.5. The molecule has 1 fully saturated rings. The number of allylic oxidation sites excluding steroid dienone is 2. The van der Waals surface area contributed by atoms with Crippen LogP contribution in [0.15, 0.2) is 72.1 Å². The number of hydrazine groups is 1. The summed E-state index contributed by atoms with van der Waals surface area (Å²) in [5.74, 6) is 1.56. The second kappa shape index (κ2) is 9.17. The molecule has 1 aromatic rings. The number of hydrogen-bond acceptors (Lipinski definition) is 6. The van der Waals surface area contributed by atoms with E-state index in [1.54, 1.807) is 6.92 Å².